The van der Waals surface area contributed by atoms with Crippen LogP contribution < -0.4 is 10.2 Å². The van der Waals surface area contributed by atoms with E-state index >= 15 is 0 Å². The van der Waals surface area contributed by atoms with Gasteiger partial charge in [0, 0.05) is 36.6 Å². The number of hydrogen-bond acceptors (Lipinski definition) is 4. The lowest BCUT2D eigenvalue weighted by Gasteiger charge is -2.29. The van der Waals surface area contributed by atoms with Crippen molar-refractivity contribution in [3.63, 3.8) is 0 Å². The van der Waals surface area contributed by atoms with Gasteiger partial charge in [0.1, 0.15) is 11.6 Å². The SMILES string of the molecule is Fc1cc(N2CCOCC2)c(F)cc1NCc1cccs1. The minimum atomic E-state index is -0.436. The van der Waals surface area contributed by atoms with Crippen molar-refractivity contribution >= 4 is 22.7 Å². The molecule has 112 valence electrons. The molecule has 0 unspecified atom stereocenters. The molecule has 0 spiro atoms. The second kappa shape index (κ2) is 6.41. The fraction of sp³-hybridized carbons (Fsp3) is 0.333. The highest BCUT2D eigenvalue weighted by molar-refractivity contribution is 7.09. The van der Waals surface area contributed by atoms with Crippen LogP contribution in [0.25, 0.3) is 0 Å². The fourth-order valence-corrected chi connectivity index (χ4v) is 2.96. The molecule has 1 aliphatic heterocycles. The molecule has 0 bridgehead atoms. The molecular formula is C15H16F2N2OS. The molecule has 3 nitrogen and oxygen atoms in total. The van der Waals surface area contributed by atoms with E-state index in [0.717, 1.165) is 4.88 Å². The maximum absolute atomic E-state index is 14.2. The van der Waals surface area contributed by atoms with Crippen LogP contribution in [0.4, 0.5) is 20.2 Å². The Bertz CT molecular complexity index is 598. The summed E-state index contributed by atoms with van der Waals surface area (Å²) >= 11 is 1.58. The van der Waals surface area contributed by atoms with Gasteiger partial charge in [-0.3, -0.25) is 0 Å². The highest BCUT2D eigenvalue weighted by Crippen LogP contribution is 2.27. The monoisotopic (exact) mass is 310 g/mol. The van der Waals surface area contributed by atoms with Gasteiger partial charge in [0.2, 0.25) is 0 Å². The summed E-state index contributed by atoms with van der Waals surface area (Å²) in [5, 5.41) is 4.89. The molecule has 6 heteroatoms. The number of halogens is 2. The van der Waals surface area contributed by atoms with E-state index in [1.165, 1.54) is 12.1 Å². The minimum Gasteiger partial charge on any atom is -0.378 e. The number of rotatable bonds is 4. The number of benzene rings is 1. The van der Waals surface area contributed by atoms with Gasteiger partial charge in [0.15, 0.2) is 0 Å². The van der Waals surface area contributed by atoms with Crippen molar-refractivity contribution in [1.82, 2.24) is 0 Å². The Hall–Kier alpha value is -1.66. The Labute approximate surface area is 126 Å². The number of nitrogens with one attached hydrogen (secondary N) is 1. The third-order valence-corrected chi connectivity index (χ3v) is 4.30. The average Bonchev–Trinajstić information content (AvgIpc) is 3.02. The van der Waals surface area contributed by atoms with Crippen molar-refractivity contribution in [1.29, 1.82) is 0 Å². The van der Waals surface area contributed by atoms with Gasteiger partial charge in [-0.2, -0.15) is 0 Å². The van der Waals surface area contributed by atoms with E-state index in [4.69, 9.17) is 4.74 Å². The smallest absolute Gasteiger partial charge is 0.148 e. The van der Waals surface area contributed by atoms with Gasteiger partial charge in [-0.15, -0.1) is 11.3 Å². The van der Waals surface area contributed by atoms with Gasteiger partial charge >= 0.3 is 0 Å². The molecular weight excluding hydrogens is 294 g/mol. The topological polar surface area (TPSA) is 24.5 Å². The van der Waals surface area contributed by atoms with E-state index in [2.05, 4.69) is 5.32 Å². The first kappa shape index (κ1) is 14.3. The summed E-state index contributed by atoms with van der Waals surface area (Å²) in [6, 6.07) is 6.37. The molecule has 0 aliphatic carbocycles. The Balaban J connectivity index is 1.75. The third kappa shape index (κ3) is 3.33. The molecule has 1 aromatic carbocycles. The molecule has 1 aromatic heterocycles. The van der Waals surface area contributed by atoms with Crippen molar-refractivity contribution in [2.24, 2.45) is 0 Å². The zero-order valence-corrected chi connectivity index (χ0v) is 12.3. The number of nitrogens with zero attached hydrogens (tertiary/aromatic N) is 1. The predicted octanol–water partition coefficient (Wildman–Crippen LogP) is 3.48. The van der Waals surface area contributed by atoms with E-state index in [-0.39, 0.29) is 5.69 Å². The summed E-state index contributed by atoms with van der Waals surface area (Å²) in [6.45, 7) is 2.74. The lowest BCUT2D eigenvalue weighted by molar-refractivity contribution is 0.122. The first-order valence-electron chi connectivity index (χ1n) is 6.82. The van der Waals surface area contributed by atoms with Crippen molar-refractivity contribution < 1.29 is 13.5 Å². The molecule has 0 saturated carbocycles. The fourth-order valence-electron chi connectivity index (χ4n) is 2.31. The van der Waals surface area contributed by atoms with Gasteiger partial charge in [-0.1, -0.05) is 6.07 Å². The zero-order valence-electron chi connectivity index (χ0n) is 11.4. The summed E-state index contributed by atoms with van der Waals surface area (Å²) in [4.78, 5) is 2.89. The lowest BCUT2D eigenvalue weighted by atomic mass is 10.2. The molecule has 2 heterocycles. The lowest BCUT2D eigenvalue weighted by Crippen LogP contribution is -2.36. The minimum absolute atomic E-state index is 0.193. The van der Waals surface area contributed by atoms with Gasteiger partial charge in [0.25, 0.3) is 0 Å². The van der Waals surface area contributed by atoms with Crippen LogP contribution in [0.1, 0.15) is 4.88 Å². The number of ether oxygens (including phenoxy) is 1. The molecule has 1 aliphatic rings. The molecule has 3 rings (SSSR count). The first-order valence-corrected chi connectivity index (χ1v) is 7.70. The van der Waals surface area contributed by atoms with Gasteiger partial charge < -0.3 is 15.0 Å². The van der Waals surface area contributed by atoms with E-state index < -0.39 is 11.6 Å². The van der Waals surface area contributed by atoms with E-state index in [9.17, 15) is 8.78 Å². The number of morpholine rings is 1. The Kier molecular flexibility index (Phi) is 4.36. The van der Waals surface area contributed by atoms with Crippen molar-refractivity contribution in [2.45, 2.75) is 6.54 Å². The van der Waals surface area contributed by atoms with Crippen molar-refractivity contribution in [3.8, 4) is 0 Å². The van der Waals surface area contributed by atoms with Crippen LogP contribution in [0, 0.1) is 11.6 Å². The molecule has 0 radical (unpaired) electrons. The van der Waals surface area contributed by atoms with Gasteiger partial charge in [-0.25, -0.2) is 8.78 Å². The summed E-state index contributed by atoms with van der Waals surface area (Å²) in [5.74, 6) is -0.846. The standard InChI is InChI=1S/C15H16F2N2OS/c16-12-9-15(19-3-5-20-6-4-19)13(17)8-14(12)18-10-11-2-1-7-21-11/h1-2,7-9,18H,3-6,10H2. The largest absolute Gasteiger partial charge is 0.378 e. The van der Waals surface area contributed by atoms with Crippen LogP contribution >= 0.6 is 11.3 Å². The Morgan fingerprint density at radius 1 is 1.19 bits per heavy atom. The first-order chi connectivity index (χ1) is 10.2. The number of hydrogen-bond donors (Lipinski definition) is 1. The van der Waals surface area contributed by atoms with Crippen molar-refractivity contribution in [2.75, 3.05) is 36.5 Å². The molecule has 1 N–H and O–H groups in total. The van der Waals surface area contributed by atoms with Crippen LogP contribution in [0.15, 0.2) is 29.6 Å². The van der Waals surface area contributed by atoms with Crippen LogP contribution in [-0.4, -0.2) is 26.3 Å². The molecule has 1 saturated heterocycles. The van der Waals surface area contributed by atoms with E-state index in [0.29, 0.717) is 38.5 Å². The zero-order chi connectivity index (χ0) is 14.7. The Morgan fingerprint density at radius 3 is 2.71 bits per heavy atom. The van der Waals surface area contributed by atoms with E-state index in [1.54, 1.807) is 11.3 Å². The Morgan fingerprint density at radius 2 is 2.00 bits per heavy atom. The second-order valence-electron chi connectivity index (χ2n) is 4.82. The second-order valence-corrected chi connectivity index (χ2v) is 5.85. The van der Waals surface area contributed by atoms with Crippen molar-refractivity contribution in [3.05, 3.63) is 46.2 Å². The van der Waals surface area contributed by atoms with Crippen LogP contribution in [0.2, 0.25) is 0 Å². The molecule has 0 atom stereocenters. The van der Waals surface area contributed by atoms with Gasteiger partial charge in [-0.05, 0) is 11.4 Å². The molecule has 21 heavy (non-hydrogen) atoms. The summed E-state index contributed by atoms with van der Waals surface area (Å²) in [7, 11) is 0. The number of thiophene rings is 1. The molecule has 2 aromatic rings. The van der Waals surface area contributed by atoms with E-state index in [1.807, 2.05) is 22.4 Å². The number of anilines is 2. The highest BCUT2D eigenvalue weighted by atomic mass is 32.1. The predicted molar refractivity (Wildman–Crippen MR) is 81.0 cm³/mol. The molecule has 1 fully saturated rings. The molecule has 0 amide bonds. The third-order valence-electron chi connectivity index (χ3n) is 3.42. The van der Waals surface area contributed by atoms with Crippen LogP contribution in [0.3, 0.4) is 0 Å². The summed E-state index contributed by atoms with van der Waals surface area (Å²) in [5.41, 5.74) is 0.496. The normalized spacial score (nSPS) is 15.2. The quantitative estimate of drug-likeness (QED) is 0.936. The summed E-state index contributed by atoms with van der Waals surface area (Å²) < 4.78 is 33.5. The van der Waals surface area contributed by atoms with Crippen LogP contribution in [0.5, 0.6) is 0 Å². The highest BCUT2D eigenvalue weighted by Gasteiger charge is 2.18. The maximum Gasteiger partial charge on any atom is 0.148 e. The summed E-state index contributed by atoms with van der Waals surface area (Å²) in [6.07, 6.45) is 0. The maximum atomic E-state index is 14.2. The van der Waals surface area contributed by atoms with Crippen LogP contribution in [-0.2, 0) is 11.3 Å². The van der Waals surface area contributed by atoms with Gasteiger partial charge in [0.05, 0.1) is 24.6 Å². The average molecular weight is 310 g/mol.